The average molecular weight is 312 g/mol. The van der Waals surface area contributed by atoms with Gasteiger partial charge in [-0.25, -0.2) is 9.98 Å². The lowest BCUT2D eigenvalue weighted by atomic mass is 9.97. The summed E-state index contributed by atoms with van der Waals surface area (Å²) in [6, 6.07) is 5.05. The summed E-state index contributed by atoms with van der Waals surface area (Å²) in [4.78, 5) is 8.47. The second-order valence-corrected chi connectivity index (χ2v) is 6.24. The Hall–Kier alpha value is -2.10. The predicted molar refractivity (Wildman–Crippen MR) is 99.1 cm³/mol. The molecule has 4 heteroatoms. The van der Waals surface area contributed by atoms with Gasteiger partial charge < -0.3 is 11.1 Å². The first kappa shape index (κ1) is 17.3. The van der Waals surface area contributed by atoms with Gasteiger partial charge in [0.2, 0.25) is 0 Å². The molecule has 0 amide bonds. The van der Waals surface area contributed by atoms with E-state index >= 15 is 0 Å². The zero-order valence-corrected chi connectivity index (χ0v) is 14.7. The number of rotatable bonds is 4. The average Bonchev–Trinajstić information content (AvgIpc) is 2.85. The van der Waals surface area contributed by atoms with Gasteiger partial charge in [0.05, 0.1) is 0 Å². The van der Waals surface area contributed by atoms with Gasteiger partial charge in [-0.15, -0.1) is 0 Å². The highest BCUT2D eigenvalue weighted by molar-refractivity contribution is 5.94. The van der Waals surface area contributed by atoms with Crippen molar-refractivity contribution in [3.05, 3.63) is 46.7 Å². The molecule has 124 valence electrons. The van der Waals surface area contributed by atoms with E-state index in [0.717, 1.165) is 31.4 Å². The first-order chi connectivity index (χ1) is 10.9. The second-order valence-electron chi connectivity index (χ2n) is 6.24. The molecular weight excluding hydrogens is 284 g/mol. The third-order valence-corrected chi connectivity index (χ3v) is 4.20. The van der Waals surface area contributed by atoms with E-state index in [1.807, 2.05) is 13.8 Å². The monoisotopic (exact) mass is 312 g/mol. The third kappa shape index (κ3) is 4.44. The van der Waals surface area contributed by atoms with Crippen LogP contribution < -0.4 is 11.1 Å². The Morgan fingerprint density at radius 3 is 2.09 bits per heavy atom. The Kier molecular flexibility index (Phi) is 5.59. The number of allylic oxidation sites excluding steroid dienone is 1. The van der Waals surface area contributed by atoms with Crippen molar-refractivity contribution in [2.24, 2.45) is 15.7 Å². The fourth-order valence-corrected chi connectivity index (χ4v) is 3.25. The smallest absolute Gasteiger partial charge is 0.195 e. The zero-order valence-electron chi connectivity index (χ0n) is 14.7. The van der Waals surface area contributed by atoms with Crippen LogP contribution >= 0.6 is 0 Å². The maximum absolute atomic E-state index is 6.01. The Balaban J connectivity index is 2.08. The topological polar surface area (TPSA) is 62.8 Å². The minimum Gasteiger partial charge on any atom is -0.370 e. The molecule has 4 nitrogen and oxygen atoms in total. The third-order valence-electron chi connectivity index (χ3n) is 4.20. The standard InChI is InChI=1S/C19H28N4/c1-6-14-8-16-10-18(11-17(16)9-15(14)7-2)23-19(20)22-13(5)21-12(3)4/h8-9,18H,3,6-7,10-11H2,1-2,4-5H3,(H3,20,21,22,23). The Morgan fingerprint density at radius 2 is 1.65 bits per heavy atom. The van der Waals surface area contributed by atoms with Gasteiger partial charge in [0.1, 0.15) is 5.84 Å². The van der Waals surface area contributed by atoms with Crippen molar-refractivity contribution in [1.82, 2.24) is 5.32 Å². The van der Waals surface area contributed by atoms with Crippen LogP contribution in [-0.2, 0) is 25.7 Å². The van der Waals surface area contributed by atoms with Crippen LogP contribution in [0.3, 0.4) is 0 Å². The number of nitrogens with zero attached hydrogens (tertiary/aromatic N) is 2. The molecule has 0 radical (unpaired) electrons. The Bertz CT molecular complexity index is 623. The minimum absolute atomic E-state index is 0.309. The van der Waals surface area contributed by atoms with Crippen LogP contribution in [0.15, 0.2) is 34.4 Å². The van der Waals surface area contributed by atoms with E-state index in [1.54, 1.807) is 0 Å². The van der Waals surface area contributed by atoms with Crippen LogP contribution in [0.2, 0.25) is 0 Å². The van der Waals surface area contributed by atoms with Gasteiger partial charge in [0.25, 0.3) is 0 Å². The number of hydrogen-bond acceptors (Lipinski definition) is 1. The number of nitrogens with one attached hydrogen (secondary N) is 1. The molecule has 0 fully saturated rings. The zero-order chi connectivity index (χ0) is 17.0. The lowest BCUT2D eigenvalue weighted by Crippen LogP contribution is -2.40. The van der Waals surface area contributed by atoms with Crippen LogP contribution in [0.5, 0.6) is 0 Å². The largest absolute Gasteiger partial charge is 0.370 e. The Morgan fingerprint density at radius 1 is 1.13 bits per heavy atom. The van der Waals surface area contributed by atoms with Crippen molar-refractivity contribution < 1.29 is 0 Å². The van der Waals surface area contributed by atoms with Crippen LogP contribution in [-0.4, -0.2) is 17.8 Å². The molecule has 0 atom stereocenters. The summed E-state index contributed by atoms with van der Waals surface area (Å²) in [5.74, 6) is 1.05. The summed E-state index contributed by atoms with van der Waals surface area (Å²) >= 11 is 0. The molecule has 0 aromatic heterocycles. The molecule has 0 spiro atoms. The highest BCUT2D eigenvalue weighted by atomic mass is 15.1. The number of amidine groups is 1. The summed E-state index contributed by atoms with van der Waals surface area (Å²) in [6.07, 6.45) is 4.18. The molecule has 0 saturated heterocycles. The number of fused-ring (bicyclic) bond motifs is 1. The van der Waals surface area contributed by atoms with Crippen molar-refractivity contribution in [3.8, 4) is 0 Å². The molecule has 23 heavy (non-hydrogen) atoms. The van der Waals surface area contributed by atoms with Crippen LogP contribution in [0.4, 0.5) is 0 Å². The normalized spacial score (nSPS) is 15.7. The van der Waals surface area contributed by atoms with Gasteiger partial charge in [0.15, 0.2) is 5.96 Å². The quantitative estimate of drug-likeness (QED) is 0.663. The molecule has 0 saturated carbocycles. The number of guanidine groups is 1. The fraction of sp³-hybridized carbons (Fsp3) is 0.474. The maximum atomic E-state index is 6.01. The minimum atomic E-state index is 0.309. The van der Waals surface area contributed by atoms with Crippen molar-refractivity contribution in [2.75, 3.05) is 0 Å². The highest BCUT2D eigenvalue weighted by Gasteiger charge is 2.23. The molecule has 1 aromatic carbocycles. The number of benzene rings is 1. The van der Waals surface area contributed by atoms with E-state index in [2.05, 4.69) is 47.9 Å². The van der Waals surface area contributed by atoms with Gasteiger partial charge in [-0.3, -0.25) is 0 Å². The second kappa shape index (κ2) is 7.44. The van der Waals surface area contributed by atoms with E-state index in [0.29, 0.717) is 17.8 Å². The summed E-state index contributed by atoms with van der Waals surface area (Å²) in [6.45, 7) is 11.9. The lowest BCUT2D eigenvalue weighted by Gasteiger charge is -2.12. The van der Waals surface area contributed by atoms with Crippen molar-refractivity contribution in [2.45, 2.75) is 59.4 Å². The molecule has 1 aliphatic rings. The van der Waals surface area contributed by atoms with Gasteiger partial charge in [-0.1, -0.05) is 32.6 Å². The van der Waals surface area contributed by atoms with Crippen LogP contribution in [0.1, 0.15) is 49.9 Å². The fourth-order valence-electron chi connectivity index (χ4n) is 3.25. The van der Waals surface area contributed by atoms with E-state index < -0.39 is 0 Å². The summed E-state index contributed by atoms with van der Waals surface area (Å²) in [7, 11) is 0. The molecule has 1 aliphatic carbocycles. The van der Waals surface area contributed by atoms with Crippen LogP contribution in [0, 0.1) is 0 Å². The first-order valence-corrected chi connectivity index (χ1v) is 8.37. The number of aryl methyl sites for hydroxylation is 2. The van der Waals surface area contributed by atoms with Gasteiger partial charge in [0, 0.05) is 11.7 Å². The molecule has 3 N–H and O–H groups in total. The van der Waals surface area contributed by atoms with Crippen LogP contribution in [0.25, 0.3) is 0 Å². The SMILES string of the molecule is C=C(C)/N=C(C)\N=C(/N)NC1Cc2cc(CC)c(CC)cc2C1. The first-order valence-electron chi connectivity index (χ1n) is 8.37. The molecule has 0 bridgehead atoms. The summed E-state index contributed by atoms with van der Waals surface area (Å²) in [5.41, 5.74) is 12.6. The predicted octanol–water partition coefficient (Wildman–Crippen LogP) is 3.13. The molecule has 0 aliphatic heterocycles. The molecule has 0 unspecified atom stereocenters. The summed E-state index contributed by atoms with van der Waals surface area (Å²) < 4.78 is 0. The number of nitrogens with two attached hydrogens (primary N) is 1. The molecule has 0 heterocycles. The van der Waals surface area contributed by atoms with Gasteiger partial charge in [-0.2, -0.15) is 0 Å². The van der Waals surface area contributed by atoms with E-state index in [9.17, 15) is 0 Å². The summed E-state index contributed by atoms with van der Waals surface area (Å²) in [5, 5.41) is 3.32. The molecule has 1 aromatic rings. The van der Waals surface area contributed by atoms with Crippen molar-refractivity contribution in [3.63, 3.8) is 0 Å². The van der Waals surface area contributed by atoms with E-state index in [4.69, 9.17) is 5.73 Å². The van der Waals surface area contributed by atoms with Crippen molar-refractivity contribution >= 4 is 11.8 Å². The molecule has 2 rings (SSSR count). The van der Waals surface area contributed by atoms with E-state index in [-0.39, 0.29) is 0 Å². The highest BCUT2D eigenvalue weighted by Crippen LogP contribution is 2.26. The molecular formula is C19H28N4. The Labute approximate surface area is 139 Å². The van der Waals surface area contributed by atoms with E-state index in [1.165, 1.54) is 22.3 Å². The van der Waals surface area contributed by atoms with Crippen molar-refractivity contribution in [1.29, 1.82) is 0 Å². The number of hydrogen-bond donors (Lipinski definition) is 2. The van der Waals surface area contributed by atoms with Gasteiger partial charge in [-0.05, 0) is 61.8 Å². The maximum Gasteiger partial charge on any atom is 0.195 e. The number of aliphatic imine (C=N–C) groups is 2. The lowest BCUT2D eigenvalue weighted by molar-refractivity contribution is 0.641. The van der Waals surface area contributed by atoms with Gasteiger partial charge >= 0.3 is 0 Å².